The highest BCUT2D eigenvalue weighted by Gasteiger charge is 2.26. The molecule has 1 atom stereocenters. The van der Waals surface area contributed by atoms with Crippen LogP contribution in [0.25, 0.3) is 21.3 Å². The first kappa shape index (κ1) is 19.4. The number of para-hydroxylation sites is 1. The molecular weight excluding hydrogens is 423 g/mol. The highest BCUT2D eigenvalue weighted by atomic mass is 32.1. The first-order valence-electron chi connectivity index (χ1n) is 11.3. The van der Waals surface area contributed by atoms with E-state index in [0.29, 0.717) is 5.92 Å². The van der Waals surface area contributed by atoms with E-state index < -0.39 is 0 Å². The average Bonchev–Trinajstić information content (AvgIpc) is 3.41. The summed E-state index contributed by atoms with van der Waals surface area (Å²) in [5.41, 5.74) is 3.45. The van der Waals surface area contributed by atoms with Gasteiger partial charge in [0, 0.05) is 37.5 Å². The summed E-state index contributed by atoms with van der Waals surface area (Å²) in [6.45, 7) is 4.28. The highest BCUT2D eigenvalue weighted by Crippen LogP contribution is 2.35. The molecule has 5 heterocycles. The maximum atomic E-state index is 5.00. The lowest BCUT2D eigenvalue weighted by atomic mass is 9.91. The maximum Gasteiger partial charge on any atom is 0.187 e. The molecule has 6 nitrogen and oxygen atoms in total. The van der Waals surface area contributed by atoms with E-state index in [1.807, 2.05) is 4.45 Å². The van der Waals surface area contributed by atoms with Gasteiger partial charge in [-0.2, -0.15) is 5.10 Å². The van der Waals surface area contributed by atoms with Gasteiger partial charge < -0.3 is 9.80 Å². The number of benzene rings is 1. The third-order valence-electron chi connectivity index (χ3n) is 6.70. The SMILES string of the molecule is Pn1nc(C2CCN(c3ccc4nc(N5CCCCC5)sc4n3)CC2)c2ccccc21. The number of hydrogen-bond acceptors (Lipinski definition) is 6. The second-order valence-corrected chi connectivity index (χ2v) is 10.1. The summed E-state index contributed by atoms with van der Waals surface area (Å²) in [6, 6.07) is 12.8. The molecule has 4 aromatic rings. The van der Waals surface area contributed by atoms with E-state index in [4.69, 9.17) is 15.1 Å². The van der Waals surface area contributed by atoms with Gasteiger partial charge in [-0.1, -0.05) is 29.5 Å². The third-order valence-corrected chi connectivity index (χ3v) is 8.12. The van der Waals surface area contributed by atoms with E-state index >= 15 is 0 Å². The number of nitrogens with zero attached hydrogens (tertiary/aromatic N) is 6. The Kier molecular flexibility index (Phi) is 5.04. The highest BCUT2D eigenvalue weighted by molar-refractivity contribution is 7.21. The Labute approximate surface area is 188 Å². The van der Waals surface area contributed by atoms with Gasteiger partial charge in [0.05, 0.1) is 11.2 Å². The van der Waals surface area contributed by atoms with Gasteiger partial charge in [-0.25, -0.2) is 9.97 Å². The zero-order chi connectivity index (χ0) is 20.8. The van der Waals surface area contributed by atoms with Gasteiger partial charge in [0.2, 0.25) is 0 Å². The molecular formula is C23H27N6PS. The lowest BCUT2D eigenvalue weighted by molar-refractivity contribution is 0.495. The molecule has 0 saturated carbocycles. The van der Waals surface area contributed by atoms with Crippen LogP contribution in [0.3, 0.4) is 0 Å². The van der Waals surface area contributed by atoms with Crippen LogP contribution in [-0.2, 0) is 0 Å². The number of pyridine rings is 1. The van der Waals surface area contributed by atoms with Crippen LogP contribution in [0.1, 0.15) is 43.7 Å². The lowest BCUT2D eigenvalue weighted by Crippen LogP contribution is -2.33. The Bertz CT molecular complexity index is 1220. The smallest absolute Gasteiger partial charge is 0.187 e. The number of hydrogen-bond donors (Lipinski definition) is 0. The largest absolute Gasteiger partial charge is 0.357 e. The Morgan fingerprint density at radius 2 is 1.68 bits per heavy atom. The molecule has 1 aromatic carbocycles. The predicted molar refractivity (Wildman–Crippen MR) is 133 cm³/mol. The normalized spacial score (nSPS) is 18.4. The van der Waals surface area contributed by atoms with Crippen LogP contribution in [0.4, 0.5) is 10.9 Å². The molecule has 0 bridgehead atoms. The second-order valence-electron chi connectivity index (χ2n) is 8.65. The molecule has 0 spiro atoms. The van der Waals surface area contributed by atoms with Crippen molar-refractivity contribution < 1.29 is 0 Å². The van der Waals surface area contributed by atoms with Crippen LogP contribution >= 0.6 is 20.7 Å². The van der Waals surface area contributed by atoms with Crippen molar-refractivity contribution in [2.75, 3.05) is 36.0 Å². The zero-order valence-electron chi connectivity index (χ0n) is 17.6. The van der Waals surface area contributed by atoms with Gasteiger partial charge >= 0.3 is 0 Å². The Morgan fingerprint density at radius 3 is 2.52 bits per heavy atom. The summed E-state index contributed by atoms with van der Waals surface area (Å²) in [6.07, 6.45) is 6.09. The molecule has 1 unspecified atom stereocenters. The van der Waals surface area contributed by atoms with E-state index in [9.17, 15) is 0 Å². The molecule has 3 aromatic heterocycles. The fourth-order valence-electron chi connectivity index (χ4n) is 4.99. The molecule has 2 aliphatic rings. The number of piperidine rings is 2. The van der Waals surface area contributed by atoms with Crippen LogP contribution in [0, 0.1) is 0 Å². The Balaban J connectivity index is 1.19. The van der Waals surface area contributed by atoms with Gasteiger partial charge in [0.25, 0.3) is 0 Å². The monoisotopic (exact) mass is 450 g/mol. The van der Waals surface area contributed by atoms with Crippen LogP contribution in [0.2, 0.25) is 0 Å². The summed E-state index contributed by atoms with van der Waals surface area (Å²) in [4.78, 5) is 15.8. The van der Waals surface area contributed by atoms with E-state index in [2.05, 4.69) is 55.6 Å². The fraction of sp³-hybridized carbons (Fsp3) is 0.435. The summed E-state index contributed by atoms with van der Waals surface area (Å²) in [5, 5.41) is 7.25. The quantitative estimate of drug-likeness (QED) is 0.409. The molecule has 8 heteroatoms. The minimum Gasteiger partial charge on any atom is -0.357 e. The van der Waals surface area contributed by atoms with Gasteiger partial charge in [0.15, 0.2) is 5.13 Å². The minimum absolute atomic E-state index is 0.501. The predicted octanol–water partition coefficient (Wildman–Crippen LogP) is 5.05. The van der Waals surface area contributed by atoms with Crippen molar-refractivity contribution in [1.82, 2.24) is 19.5 Å². The molecule has 31 heavy (non-hydrogen) atoms. The standard InChI is InChI=1S/C23H27N6PS/c30-29-19-7-3-2-6-17(19)21(26-29)16-10-14-27(15-11-16)20-9-8-18-22(25-20)31-23(24-18)28-12-4-1-5-13-28/h2-3,6-9,16H,1,4-5,10-15,30H2. The molecule has 160 valence electrons. The lowest BCUT2D eigenvalue weighted by Gasteiger charge is -2.32. The zero-order valence-corrected chi connectivity index (χ0v) is 19.5. The molecule has 0 radical (unpaired) electrons. The second kappa shape index (κ2) is 8.03. The van der Waals surface area contributed by atoms with Crippen molar-refractivity contribution in [2.45, 2.75) is 38.0 Å². The van der Waals surface area contributed by atoms with Crippen molar-refractivity contribution in [1.29, 1.82) is 0 Å². The third kappa shape index (κ3) is 3.58. The molecule has 0 N–H and O–H groups in total. The van der Waals surface area contributed by atoms with E-state index in [1.54, 1.807) is 11.3 Å². The van der Waals surface area contributed by atoms with E-state index in [1.165, 1.54) is 35.9 Å². The summed E-state index contributed by atoms with van der Waals surface area (Å²) in [5.74, 6) is 1.59. The number of rotatable bonds is 3. The van der Waals surface area contributed by atoms with Crippen molar-refractivity contribution in [3.05, 3.63) is 42.1 Å². The first-order valence-corrected chi connectivity index (χ1v) is 12.6. The molecule has 0 aliphatic carbocycles. The number of thiazole rings is 1. The van der Waals surface area contributed by atoms with E-state index in [-0.39, 0.29) is 0 Å². The number of fused-ring (bicyclic) bond motifs is 2. The molecule has 6 rings (SSSR count). The molecule has 2 saturated heterocycles. The fourth-order valence-corrected chi connectivity index (χ4v) is 6.33. The topological polar surface area (TPSA) is 50.1 Å². The summed E-state index contributed by atoms with van der Waals surface area (Å²) in [7, 11) is 2.72. The molecule has 2 fully saturated rings. The maximum absolute atomic E-state index is 5.00. The van der Waals surface area contributed by atoms with Gasteiger partial charge in [-0.05, 0) is 59.7 Å². The summed E-state index contributed by atoms with van der Waals surface area (Å²) < 4.78 is 1.94. The average molecular weight is 451 g/mol. The van der Waals surface area contributed by atoms with Crippen molar-refractivity contribution in [2.24, 2.45) is 0 Å². The number of anilines is 2. The van der Waals surface area contributed by atoms with E-state index in [0.717, 1.165) is 60.3 Å². The Hall–Kier alpha value is -2.24. The van der Waals surface area contributed by atoms with Gasteiger partial charge in [0.1, 0.15) is 16.2 Å². The number of aromatic nitrogens is 4. The van der Waals surface area contributed by atoms with Crippen molar-refractivity contribution in [3.8, 4) is 0 Å². The van der Waals surface area contributed by atoms with Crippen LogP contribution in [0.15, 0.2) is 36.4 Å². The first-order chi connectivity index (χ1) is 15.3. The summed E-state index contributed by atoms with van der Waals surface area (Å²) >= 11 is 1.75. The van der Waals surface area contributed by atoms with Crippen molar-refractivity contribution in [3.63, 3.8) is 0 Å². The van der Waals surface area contributed by atoms with Gasteiger partial charge in [-0.15, -0.1) is 0 Å². The molecule has 0 amide bonds. The van der Waals surface area contributed by atoms with Crippen molar-refractivity contribution >= 4 is 52.9 Å². The Morgan fingerprint density at radius 1 is 0.871 bits per heavy atom. The van der Waals surface area contributed by atoms with Crippen LogP contribution in [-0.4, -0.2) is 45.7 Å². The minimum atomic E-state index is 0.501. The van der Waals surface area contributed by atoms with Crippen LogP contribution < -0.4 is 9.80 Å². The van der Waals surface area contributed by atoms with Gasteiger partial charge in [-0.3, -0.25) is 4.45 Å². The molecule has 2 aliphatic heterocycles. The van der Waals surface area contributed by atoms with Crippen LogP contribution in [0.5, 0.6) is 0 Å².